The number of carbonyl (C=O) groups excluding carboxylic acids is 2. The van der Waals surface area contributed by atoms with Crippen molar-refractivity contribution in [2.75, 3.05) is 19.0 Å². The first kappa shape index (κ1) is 18.2. The Balaban J connectivity index is 1.34. The van der Waals surface area contributed by atoms with E-state index in [0.717, 1.165) is 25.7 Å². The van der Waals surface area contributed by atoms with E-state index in [1.165, 1.54) is 7.11 Å². The lowest BCUT2D eigenvalue weighted by Gasteiger charge is -2.21. The van der Waals surface area contributed by atoms with Crippen molar-refractivity contribution in [3.63, 3.8) is 0 Å². The highest BCUT2D eigenvalue weighted by Crippen LogP contribution is 2.47. The number of rotatable bonds is 5. The van der Waals surface area contributed by atoms with E-state index in [2.05, 4.69) is 5.32 Å². The maximum absolute atomic E-state index is 12.2. The van der Waals surface area contributed by atoms with Crippen molar-refractivity contribution >= 4 is 17.6 Å². The minimum atomic E-state index is -0.624. The van der Waals surface area contributed by atoms with E-state index in [-0.39, 0.29) is 5.56 Å². The number of hydrogen-bond acceptors (Lipinski definition) is 6. The van der Waals surface area contributed by atoms with Crippen LogP contribution in [0.15, 0.2) is 42.5 Å². The van der Waals surface area contributed by atoms with E-state index in [0.29, 0.717) is 22.9 Å². The normalized spacial score (nSPS) is 16.0. The molecule has 0 bridgehead atoms. The second-order valence-corrected chi connectivity index (χ2v) is 6.81. The number of carbonyl (C=O) groups is 2. The van der Waals surface area contributed by atoms with Gasteiger partial charge in [0.25, 0.3) is 11.7 Å². The van der Waals surface area contributed by atoms with Crippen LogP contribution in [0.25, 0.3) is 0 Å². The fraction of sp³-hybridized carbons (Fsp3) is 0.333. The van der Waals surface area contributed by atoms with Gasteiger partial charge in [0.2, 0.25) is 0 Å². The van der Waals surface area contributed by atoms with Gasteiger partial charge in [-0.25, -0.2) is 4.79 Å². The molecule has 1 spiro atoms. The Labute approximate surface area is 162 Å². The molecule has 28 heavy (non-hydrogen) atoms. The summed E-state index contributed by atoms with van der Waals surface area (Å²) in [4.78, 5) is 24.3. The summed E-state index contributed by atoms with van der Waals surface area (Å²) in [7, 11) is 1.47. The molecular weight excluding hydrogens is 362 g/mol. The molecule has 0 aromatic heterocycles. The van der Waals surface area contributed by atoms with Gasteiger partial charge in [-0.1, -0.05) is 12.1 Å². The molecule has 0 saturated heterocycles. The highest BCUT2D eigenvalue weighted by Gasteiger charge is 2.44. The van der Waals surface area contributed by atoms with Gasteiger partial charge < -0.3 is 24.3 Å². The number of nitrogens with one attached hydrogen (secondary N) is 1. The Morgan fingerprint density at radius 2 is 1.82 bits per heavy atom. The second-order valence-electron chi connectivity index (χ2n) is 6.81. The summed E-state index contributed by atoms with van der Waals surface area (Å²) in [6.45, 7) is -0.407. The van der Waals surface area contributed by atoms with E-state index in [1.54, 1.807) is 42.5 Å². The first-order valence-electron chi connectivity index (χ1n) is 9.21. The molecule has 1 aliphatic heterocycles. The first-order valence-corrected chi connectivity index (χ1v) is 9.21. The number of hydrogen-bond donors (Lipinski definition) is 1. The number of fused-ring (bicyclic) bond motifs is 1. The third kappa shape index (κ3) is 3.60. The standard InChI is InChI=1S/C21H21NO6/c1-25-16-7-3-2-6-15(16)20(24)26-13-19(23)22-14-8-9-17-18(12-14)28-21(27-17)10-4-5-11-21/h2-3,6-9,12H,4-5,10-11,13H2,1H3,(H,22,23). The Morgan fingerprint density at radius 3 is 2.61 bits per heavy atom. The summed E-state index contributed by atoms with van der Waals surface area (Å²) in [6.07, 6.45) is 3.88. The van der Waals surface area contributed by atoms with Crippen LogP contribution < -0.4 is 19.5 Å². The second kappa shape index (κ2) is 7.42. The molecule has 1 N–H and O–H groups in total. The smallest absolute Gasteiger partial charge is 0.342 e. The van der Waals surface area contributed by atoms with Gasteiger partial charge >= 0.3 is 5.97 Å². The molecule has 1 saturated carbocycles. The molecule has 7 heteroatoms. The molecule has 7 nitrogen and oxygen atoms in total. The maximum atomic E-state index is 12.2. The number of amides is 1. The quantitative estimate of drug-likeness (QED) is 0.796. The van der Waals surface area contributed by atoms with Crippen LogP contribution in [0.1, 0.15) is 36.0 Å². The zero-order chi connectivity index (χ0) is 19.6. The van der Waals surface area contributed by atoms with Crippen molar-refractivity contribution in [2.45, 2.75) is 31.5 Å². The van der Waals surface area contributed by atoms with E-state index in [4.69, 9.17) is 18.9 Å². The van der Waals surface area contributed by atoms with Crippen molar-refractivity contribution < 1.29 is 28.5 Å². The molecule has 2 aromatic rings. The molecule has 4 rings (SSSR count). The molecule has 1 amide bonds. The van der Waals surface area contributed by atoms with Crippen molar-refractivity contribution in [3.05, 3.63) is 48.0 Å². The fourth-order valence-corrected chi connectivity index (χ4v) is 3.51. The van der Waals surface area contributed by atoms with Crippen LogP contribution in [0.3, 0.4) is 0 Å². The van der Waals surface area contributed by atoms with Crippen molar-refractivity contribution in [1.29, 1.82) is 0 Å². The van der Waals surface area contributed by atoms with E-state index >= 15 is 0 Å². The molecule has 0 unspecified atom stereocenters. The Kier molecular flexibility index (Phi) is 4.81. The van der Waals surface area contributed by atoms with E-state index in [9.17, 15) is 9.59 Å². The third-order valence-electron chi connectivity index (χ3n) is 4.85. The van der Waals surface area contributed by atoms with Crippen molar-refractivity contribution in [2.24, 2.45) is 0 Å². The lowest BCUT2D eigenvalue weighted by Crippen LogP contribution is -2.34. The fourth-order valence-electron chi connectivity index (χ4n) is 3.51. The first-order chi connectivity index (χ1) is 13.6. The molecule has 1 aliphatic carbocycles. The van der Waals surface area contributed by atoms with Gasteiger partial charge in [-0.05, 0) is 37.1 Å². The zero-order valence-corrected chi connectivity index (χ0v) is 15.5. The highest BCUT2D eigenvalue weighted by atomic mass is 16.7. The Morgan fingerprint density at radius 1 is 1.07 bits per heavy atom. The number of methoxy groups -OCH3 is 1. The van der Waals surface area contributed by atoms with Crippen molar-refractivity contribution in [3.8, 4) is 17.2 Å². The number of ether oxygens (including phenoxy) is 4. The van der Waals surface area contributed by atoms with Gasteiger partial charge in [0.15, 0.2) is 18.1 Å². The maximum Gasteiger partial charge on any atom is 0.342 e. The summed E-state index contributed by atoms with van der Waals surface area (Å²) in [5, 5.41) is 2.70. The topological polar surface area (TPSA) is 83.1 Å². The van der Waals surface area contributed by atoms with Gasteiger partial charge in [0.1, 0.15) is 11.3 Å². The van der Waals surface area contributed by atoms with Crippen LogP contribution >= 0.6 is 0 Å². The molecule has 1 fully saturated rings. The summed E-state index contributed by atoms with van der Waals surface area (Å²) in [6, 6.07) is 11.9. The number of anilines is 1. The molecular formula is C21H21NO6. The van der Waals surface area contributed by atoms with E-state index in [1.807, 2.05) is 0 Å². The lowest BCUT2D eigenvalue weighted by atomic mass is 10.2. The van der Waals surface area contributed by atoms with Gasteiger partial charge in [0, 0.05) is 24.6 Å². The Bertz CT molecular complexity index is 904. The molecule has 2 aromatic carbocycles. The molecule has 1 heterocycles. The van der Waals surface area contributed by atoms with Crippen LogP contribution in [-0.2, 0) is 9.53 Å². The SMILES string of the molecule is COc1ccccc1C(=O)OCC(=O)Nc1ccc2c(c1)OC1(CCCC1)O2. The monoisotopic (exact) mass is 383 g/mol. The van der Waals surface area contributed by atoms with Gasteiger partial charge in [-0.3, -0.25) is 4.79 Å². The average molecular weight is 383 g/mol. The summed E-state index contributed by atoms with van der Waals surface area (Å²) in [5.41, 5.74) is 0.818. The van der Waals surface area contributed by atoms with Crippen LogP contribution in [0.2, 0.25) is 0 Å². The summed E-state index contributed by atoms with van der Waals surface area (Å²) in [5.74, 6) is 0.0757. The van der Waals surface area contributed by atoms with Crippen molar-refractivity contribution in [1.82, 2.24) is 0 Å². The lowest BCUT2D eigenvalue weighted by molar-refractivity contribution is -0.119. The summed E-state index contributed by atoms with van der Waals surface area (Å²) < 4.78 is 22.1. The highest BCUT2D eigenvalue weighted by molar-refractivity contribution is 5.96. The third-order valence-corrected chi connectivity index (χ3v) is 4.85. The van der Waals surface area contributed by atoms with Gasteiger partial charge in [-0.15, -0.1) is 0 Å². The predicted octanol–water partition coefficient (Wildman–Crippen LogP) is 3.53. The molecule has 0 atom stereocenters. The van der Waals surface area contributed by atoms with Crippen LogP contribution in [-0.4, -0.2) is 31.4 Å². The van der Waals surface area contributed by atoms with E-state index < -0.39 is 24.3 Å². The molecule has 146 valence electrons. The summed E-state index contributed by atoms with van der Waals surface area (Å²) >= 11 is 0. The van der Waals surface area contributed by atoms with Crippen LogP contribution in [0.5, 0.6) is 17.2 Å². The number of para-hydroxylation sites is 1. The predicted molar refractivity (Wildman–Crippen MR) is 101 cm³/mol. The van der Waals surface area contributed by atoms with Crippen LogP contribution in [0.4, 0.5) is 5.69 Å². The minimum absolute atomic E-state index is 0.266. The molecule has 2 aliphatic rings. The minimum Gasteiger partial charge on any atom is -0.496 e. The number of benzene rings is 2. The van der Waals surface area contributed by atoms with Crippen LogP contribution in [0, 0.1) is 0 Å². The zero-order valence-electron chi connectivity index (χ0n) is 15.5. The van der Waals surface area contributed by atoms with Gasteiger partial charge in [0.05, 0.1) is 7.11 Å². The largest absolute Gasteiger partial charge is 0.496 e. The molecule has 0 radical (unpaired) electrons. The van der Waals surface area contributed by atoms with Gasteiger partial charge in [-0.2, -0.15) is 0 Å². The average Bonchev–Trinajstić information content (AvgIpc) is 3.31. The number of esters is 1. The Hall–Kier alpha value is -3.22.